The first-order valence-corrected chi connectivity index (χ1v) is 7.06. The summed E-state index contributed by atoms with van der Waals surface area (Å²) < 4.78 is 0. The second-order valence-electron chi connectivity index (χ2n) is 4.29. The summed E-state index contributed by atoms with van der Waals surface area (Å²) in [5.74, 6) is 1.12. The van der Waals surface area contributed by atoms with Gasteiger partial charge in [-0.3, -0.25) is 4.99 Å². The van der Waals surface area contributed by atoms with Crippen molar-refractivity contribution < 1.29 is 5.11 Å². The quantitative estimate of drug-likeness (QED) is 0.823. The maximum Gasteiger partial charge on any atom is 0.141 e. The van der Waals surface area contributed by atoms with E-state index in [0.29, 0.717) is 5.69 Å². The Labute approximate surface area is 116 Å². The topological polar surface area (TPSA) is 32.6 Å². The molecule has 0 saturated heterocycles. The van der Waals surface area contributed by atoms with Crippen LogP contribution in [-0.2, 0) is 0 Å². The molecule has 0 unspecified atom stereocenters. The Morgan fingerprint density at radius 2 is 1.84 bits per heavy atom. The van der Waals surface area contributed by atoms with E-state index in [9.17, 15) is 5.11 Å². The monoisotopic (exact) mass is 267 g/mol. The lowest BCUT2D eigenvalue weighted by molar-refractivity contribution is 0.477. The van der Waals surface area contributed by atoms with Gasteiger partial charge in [0, 0.05) is 16.9 Å². The summed E-state index contributed by atoms with van der Waals surface area (Å²) in [5.41, 5.74) is 3.00. The van der Waals surface area contributed by atoms with Crippen LogP contribution in [0.1, 0.15) is 5.56 Å². The van der Waals surface area contributed by atoms with Crippen LogP contribution in [0.3, 0.4) is 0 Å². The van der Waals surface area contributed by atoms with Crippen LogP contribution >= 0.6 is 11.8 Å². The number of benzene rings is 2. The first-order valence-electron chi connectivity index (χ1n) is 6.07. The van der Waals surface area contributed by atoms with Crippen molar-refractivity contribution in [3.05, 3.63) is 59.7 Å². The Hall–Kier alpha value is -2.00. The molecule has 0 atom stereocenters. The Morgan fingerprint density at radius 3 is 2.74 bits per heavy atom. The SMILES string of the molecule is Oc1ccccc1N=CC1=Cc2ccccc2SC1. The van der Waals surface area contributed by atoms with Crippen molar-refractivity contribution in [2.45, 2.75) is 4.90 Å². The van der Waals surface area contributed by atoms with Crippen LogP contribution in [0.25, 0.3) is 6.08 Å². The van der Waals surface area contributed by atoms with Crippen molar-refractivity contribution in [2.75, 3.05) is 5.75 Å². The second kappa shape index (κ2) is 5.33. The Balaban J connectivity index is 1.86. The van der Waals surface area contributed by atoms with Crippen molar-refractivity contribution in [3.8, 4) is 5.75 Å². The van der Waals surface area contributed by atoms with E-state index >= 15 is 0 Å². The summed E-state index contributed by atoms with van der Waals surface area (Å²) in [6, 6.07) is 15.4. The summed E-state index contributed by atoms with van der Waals surface area (Å²) in [4.78, 5) is 5.65. The van der Waals surface area contributed by atoms with Crippen LogP contribution < -0.4 is 0 Å². The Morgan fingerprint density at radius 1 is 1.05 bits per heavy atom. The number of phenolic OH excluding ortho intramolecular Hbond substituents is 1. The molecule has 0 radical (unpaired) electrons. The molecule has 1 N–H and O–H groups in total. The molecule has 2 aromatic carbocycles. The summed E-state index contributed by atoms with van der Waals surface area (Å²) in [5, 5.41) is 9.66. The molecule has 0 fully saturated rings. The fraction of sp³-hybridized carbons (Fsp3) is 0.0625. The van der Waals surface area contributed by atoms with Gasteiger partial charge in [0.2, 0.25) is 0 Å². The van der Waals surface area contributed by atoms with E-state index in [2.05, 4.69) is 29.3 Å². The molecular formula is C16H13NOS. The lowest BCUT2D eigenvalue weighted by atomic mass is 10.1. The van der Waals surface area contributed by atoms with Crippen LogP contribution in [0.4, 0.5) is 5.69 Å². The van der Waals surface area contributed by atoms with Gasteiger partial charge in [-0.2, -0.15) is 0 Å². The average Bonchev–Trinajstić information content (AvgIpc) is 2.46. The number of hydrogen-bond acceptors (Lipinski definition) is 3. The van der Waals surface area contributed by atoms with E-state index in [-0.39, 0.29) is 5.75 Å². The molecule has 1 heterocycles. The van der Waals surface area contributed by atoms with Crippen molar-refractivity contribution in [2.24, 2.45) is 4.99 Å². The minimum atomic E-state index is 0.211. The normalized spacial score (nSPS) is 14.2. The zero-order valence-electron chi connectivity index (χ0n) is 10.3. The van der Waals surface area contributed by atoms with Gasteiger partial charge in [-0.25, -0.2) is 0 Å². The number of rotatable bonds is 2. The second-order valence-corrected chi connectivity index (χ2v) is 5.31. The summed E-state index contributed by atoms with van der Waals surface area (Å²) >= 11 is 1.81. The van der Waals surface area contributed by atoms with Gasteiger partial charge in [0.1, 0.15) is 11.4 Å². The number of nitrogens with zero attached hydrogens (tertiary/aromatic N) is 1. The molecule has 2 nitrogen and oxygen atoms in total. The maximum atomic E-state index is 9.66. The highest BCUT2D eigenvalue weighted by molar-refractivity contribution is 7.99. The van der Waals surface area contributed by atoms with Gasteiger partial charge in [0.15, 0.2) is 0 Å². The Kier molecular flexibility index (Phi) is 3.38. The molecule has 0 aliphatic carbocycles. The highest BCUT2D eigenvalue weighted by Gasteiger charge is 2.08. The molecule has 0 amide bonds. The van der Waals surface area contributed by atoms with Crippen molar-refractivity contribution >= 4 is 29.7 Å². The van der Waals surface area contributed by atoms with Gasteiger partial charge >= 0.3 is 0 Å². The molecule has 94 valence electrons. The fourth-order valence-electron chi connectivity index (χ4n) is 1.93. The first kappa shape index (κ1) is 12.1. The third kappa shape index (κ3) is 2.71. The van der Waals surface area contributed by atoms with E-state index in [1.807, 2.05) is 30.1 Å². The molecule has 19 heavy (non-hydrogen) atoms. The molecule has 1 aliphatic heterocycles. The number of thioether (sulfide) groups is 1. The molecular weight excluding hydrogens is 254 g/mol. The molecule has 0 saturated carbocycles. The van der Waals surface area contributed by atoms with Gasteiger partial charge in [-0.15, -0.1) is 11.8 Å². The van der Waals surface area contributed by atoms with Gasteiger partial charge in [-0.05, 0) is 35.4 Å². The zero-order valence-corrected chi connectivity index (χ0v) is 11.1. The zero-order chi connectivity index (χ0) is 13.1. The van der Waals surface area contributed by atoms with Crippen molar-refractivity contribution in [1.29, 1.82) is 0 Å². The molecule has 3 rings (SSSR count). The van der Waals surface area contributed by atoms with Gasteiger partial charge < -0.3 is 5.11 Å². The fourth-order valence-corrected chi connectivity index (χ4v) is 2.88. The van der Waals surface area contributed by atoms with Crippen LogP contribution in [0.2, 0.25) is 0 Å². The van der Waals surface area contributed by atoms with Crippen molar-refractivity contribution in [1.82, 2.24) is 0 Å². The lowest BCUT2D eigenvalue weighted by Crippen LogP contribution is -1.96. The average molecular weight is 267 g/mol. The first-order chi connectivity index (χ1) is 9.33. The van der Waals surface area contributed by atoms with Crippen LogP contribution in [0, 0.1) is 0 Å². The van der Waals surface area contributed by atoms with Gasteiger partial charge in [-0.1, -0.05) is 30.3 Å². The van der Waals surface area contributed by atoms with E-state index in [1.54, 1.807) is 18.2 Å². The Bertz CT molecular complexity index is 661. The van der Waals surface area contributed by atoms with E-state index in [0.717, 1.165) is 11.3 Å². The lowest BCUT2D eigenvalue weighted by Gasteiger charge is -2.12. The minimum Gasteiger partial charge on any atom is -0.506 e. The third-order valence-corrected chi connectivity index (χ3v) is 4.07. The highest BCUT2D eigenvalue weighted by Crippen LogP contribution is 2.31. The number of para-hydroxylation sites is 2. The summed E-state index contributed by atoms with van der Waals surface area (Å²) in [7, 11) is 0. The minimum absolute atomic E-state index is 0.211. The van der Waals surface area contributed by atoms with E-state index in [1.165, 1.54) is 10.5 Å². The van der Waals surface area contributed by atoms with Crippen LogP contribution in [-0.4, -0.2) is 17.1 Å². The number of aliphatic imine (C=N–C) groups is 1. The van der Waals surface area contributed by atoms with Crippen LogP contribution in [0.5, 0.6) is 5.75 Å². The molecule has 3 heteroatoms. The predicted molar refractivity (Wildman–Crippen MR) is 81.4 cm³/mol. The molecule has 1 aliphatic rings. The standard InChI is InChI=1S/C16H13NOS/c18-15-7-3-2-6-14(15)17-10-12-9-13-5-1-4-8-16(13)19-11-12/h1-10,18H,11H2. The smallest absolute Gasteiger partial charge is 0.141 e. The van der Waals surface area contributed by atoms with Crippen LogP contribution in [0.15, 0.2) is 64.0 Å². The predicted octanol–water partition coefficient (Wildman–Crippen LogP) is 4.28. The largest absolute Gasteiger partial charge is 0.506 e. The maximum absolute atomic E-state index is 9.66. The number of phenols is 1. The van der Waals surface area contributed by atoms with E-state index < -0.39 is 0 Å². The number of aromatic hydroxyl groups is 1. The highest BCUT2D eigenvalue weighted by atomic mass is 32.2. The summed E-state index contributed by atoms with van der Waals surface area (Å²) in [6.45, 7) is 0. The van der Waals surface area contributed by atoms with Crippen molar-refractivity contribution in [3.63, 3.8) is 0 Å². The molecule has 0 bridgehead atoms. The third-order valence-electron chi connectivity index (χ3n) is 2.91. The molecule has 0 spiro atoms. The van der Waals surface area contributed by atoms with Gasteiger partial charge in [0.05, 0.1) is 0 Å². The molecule has 2 aromatic rings. The van der Waals surface area contributed by atoms with Gasteiger partial charge in [0.25, 0.3) is 0 Å². The number of fused-ring (bicyclic) bond motifs is 1. The van der Waals surface area contributed by atoms with E-state index in [4.69, 9.17) is 0 Å². The molecule has 0 aromatic heterocycles. The number of hydrogen-bond donors (Lipinski definition) is 1. The summed E-state index contributed by atoms with van der Waals surface area (Å²) in [6.07, 6.45) is 3.98.